The minimum Gasteiger partial charge on any atom is -0.355 e. The van der Waals surface area contributed by atoms with Crippen molar-refractivity contribution in [2.45, 2.75) is 26.2 Å². The van der Waals surface area contributed by atoms with Crippen LogP contribution in [0.1, 0.15) is 26.2 Å². The molecule has 0 aromatic carbocycles. The number of rotatable bonds is 1. The summed E-state index contributed by atoms with van der Waals surface area (Å²) >= 11 is 0. The van der Waals surface area contributed by atoms with Gasteiger partial charge in [0.1, 0.15) is 0 Å². The number of likely N-dealkylation sites (tertiary alicyclic amines) is 1. The molecule has 0 aromatic rings. The van der Waals surface area contributed by atoms with E-state index in [9.17, 15) is 9.59 Å². The summed E-state index contributed by atoms with van der Waals surface area (Å²) in [6, 6.07) is 0. The van der Waals surface area contributed by atoms with Gasteiger partial charge in [0.2, 0.25) is 11.8 Å². The van der Waals surface area contributed by atoms with Crippen molar-refractivity contribution in [3.8, 4) is 0 Å². The first-order chi connectivity index (χ1) is 8.60. The van der Waals surface area contributed by atoms with Crippen LogP contribution in [0.15, 0.2) is 12.2 Å². The Kier molecular flexibility index (Phi) is 2.68. The Hall–Kier alpha value is -1.32. The van der Waals surface area contributed by atoms with Crippen molar-refractivity contribution in [3.63, 3.8) is 0 Å². The van der Waals surface area contributed by atoms with Crippen LogP contribution in [0.2, 0.25) is 0 Å². The standard InChI is InChI=1S/C14H20N2O2/c1-14(5-3-2-4-6-14)13(18)16-8-10-7-15-12(17)11(10)9-16/h2-3,10-11H,4-9H2,1H3,(H,15,17)/t10-,11+,14?/m1/s1. The SMILES string of the molecule is CC1(C(=O)N2C[C@H]3CNC(=O)[C@H]3C2)CC=CCC1. The molecule has 2 amide bonds. The smallest absolute Gasteiger partial charge is 0.228 e. The zero-order valence-corrected chi connectivity index (χ0v) is 10.8. The van der Waals surface area contributed by atoms with E-state index in [-0.39, 0.29) is 23.1 Å². The summed E-state index contributed by atoms with van der Waals surface area (Å²) in [5.41, 5.74) is -0.246. The fraction of sp³-hybridized carbons (Fsp3) is 0.714. The number of nitrogens with one attached hydrogen (secondary N) is 1. The summed E-state index contributed by atoms with van der Waals surface area (Å²) in [5.74, 6) is 0.749. The first kappa shape index (κ1) is 11.8. The van der Waals surface area contributed by atoms with E-state index in [0.717, 1.165) is 32.4 Å². The van der Waals surface area contributed by atoms with Gasteiger partial charge >= 0.3 is 0 Å². The van der Waals surface area contributed by atoms with Gasteiger partial charge in [0.05, 0.1) is 11.3 Å². The number of allylic oxidation sites excluding steroid dienone is 2. The lowest BCUT2D eigenvalue weighted by molar-refractivity contribution is -0.141. The summed E-state index contributed by atoms with van der Waals surface area (Å²) in [4.78, 5) is 26.2. The fourth-order valence-corrected chi connectivity index (χ4v) is 3.44. The summed E-state index contributed by atoms with van der Waals surface area (Å²) in [7, 11) is 0. The molecular weight excluding hydrogens is 228 g/mol. The second-order valence-electron chi connectivity index (χ2n) is 6.10. The van der Waals surface area contributed by atoms with Gasteiger partial charge in [-0.25, -0.2) is 0 Å². The van der Waals surface area contributed by atoms with Gasteiger partial charge in [-0.1, -0.05) is 19.1 Å². The van der Waals surface area contributed by atoms with Crippen molar-refractivity contribution in [1.29, 1.82) is 0 Å². The molecule has 1 N–H and O–H groups in total. The largest absolute Gasteiger partial charge is 0.355 e. The average molecular weight is 248 g/mol. The number of amides is 2. The Morgan fingerprint density at radius 1 is 1.44 bits per heavy atom. The number of carbonyl (C=O) groups excluding carboxylic acids is 2. The molecule has 0 radical (unpaired) electrons. The third-order valence-corrected chi connectivity index (χ3v) is 4.72. The molecule has 0 saturated carbocycles. The van der Waals surface area contributed by atoms with E-state index in [2.05, 4.69) is 24.4 Å². The van der Waals surface area contributed by atoms with Crippen molar-refractivity contribution in [2.24, 2.45) is 17.3 Å². The topological polar surface area (TPSA) is 49.4 Å². The highest BCUT2D eigenvalue weighted by molar-refractivity contribution is 5.86. The van der Waals surface area contributed by atoms with Crippen LogP contribution in [0.4, 0.5) is 0 Å². The van der Waals surface area contributed by atoms with Crippen LogP contribution in [-0.2, 0) is 9.59 Å². The van der Waals surface area contributed by atoms with Crippen molar-refractivity contribution >= 4 is 11.8 Å². The molecule has 3 aliphatic rings. The molecule has 4 nitrogen and oxygen atoms in total. The van der Waals surface area contributed by atoms with E-state index in [0.29, 0.717) is 12.5 Å². The Morgan fingerprint density at radius 2 is 2.28 bits per heavy atom. The lowest BCUT2D eigenvalue weighted by atomic mass is 9.78. The van der Waals surface area contributed by atoms with Crippen molar-refractivity contribution in [2.75, 3.05) is 19.6 Å². The lowest BCUT2D eigenvalue weighted by Gasteiger charge is -2.33. The van der Waals surface area contributed by atoms with Gasteiger partial charge in [0, 0.05) is 25.6 Å². The first-order valence-corrected chi connectivity index (χ1v) is 6.82. The van der Waals surface area contributed by atoms with Crippen molar-refractivity contribution in [1.82, 2.24) is 10.2 Å². The maximum absolute atomic E-state index is 12.6. The van der Waals surface area contributed by atoms with Crippen molar-refractivity contribution in [3.05, 3.63) is 12.2 Å². The van der Waals surface area contributed by atoms with E-state index in [1.54, 1.807) is 0 Å². The van der Waals surface area contributed by atoms with Crippen LogP contribution in [-0.4, -0.2) is 36.3 Å². The Balaban J connectivity index is 1.71. The number of fused-ring (bicyclic) bond motifs is 1. The highest BCUT2D eigenvalue weighted by atomic mass is 16.2. The Labute approximate surface area is 107 Å². The van der Waals surface area contributed by atoms with Crippen LogP contribution in [0.5, 0.6) is 0 Å². The molecule has 2 fully saturated rings. The molecule has 2 heterocycles. The predicted octanol–water partition coefficient (Wildman–Crippen LogP) is 0.937. The summed E-state index contributed by atoms with van der Waals surface area (Å²) < 4.78 is 0. The normalized spacial score (nSPS) is 38.7. The van der Waals surface area contributed by atoms with Crippen LogP contribution in [0.3, 0.4) is 0 Å². The Morgan fingerprint density at radius 3 is 2.94 bits per heavy atom. The van der Waals surface area contributed by atoms with Gasteiger partial charge in [0.25, 0.3) is 0 Å². The van der Waals surface area contributed by atoms with Gasteiger partial charge in [-0.15, -0.1) is 0 Å². The second-order valence-corrected chi connectivity index (χ2v) is 6.10. The average Bonchev–Trinajstić information content (AvgIpc) is 2.92. The third kappa shape index (κ3) is 1.74. The van der Waals surface area contributed by atoms with Gasteiger partial charge in [-0.05, 0) is 19.3 Å². The zero-order valence-electron chi connectivity index (χ0n) is 10.8. The van der Waals surface area contributed by atoms with Gasteiger partial charge in [-0.2, -0.15) is 0 Å². The minimum absolute atomic E-state index is 0.0386. The van der Waals surface area contributed by atoms with Gasteiger partial charge in [-0.3, -0.25) is 9.59 Å². The number of nitrogens with zero attached hydrogens (tertiary/aromatic N) is 1. The number of hydrogen-bond donors (Lipinski definition) is 1. The maximum Gasteiger partial charge on any atom is 0.228 e. The first-order valence-electron chi connectivity index (χ1n) is 6.82. The van der Waals surface area contributed by atoms with Crippen LogP contribution in [0.25, 0.3) is 0 Å². The predicted molar refractivity (Wildman–Crippen MR) is 67.7 cm³/mol. The molecule has 0 spiro atoms. The van der Waals surface area contributed by atoms with Crippen LogP contribution < -0.4 is 5.32 Å². The second kappa shape index (κ2) is 4.11. The molecule has 0 aromatic heterocycles. The monoisotopic (exact) mass is 248 g/mol. The minimum atomic E-state index is -0.246. The van der Waals surface area contributed by atoms with Crippen LogP contribution in [0, 0.1) is 17.3 Å². The molecule has 3 atom stereocenters. The van der Waals surface area contributed by atoms with Crippen molar-refractivity contribution < 1.29 is 9.59 Å². The van der Waals surface area contributed by atoms with E-state index < -0.39 is 0 Å². The molecule has 1 aliphatic carbocycles. The molecular formula is C14H20N2O2. The summed E-state index contributed by atoms with van der Waals surface area (Å²) in [6.45, 7) is 4.17. The highest BCUT2D eigenvalue weighted by Crippen LogP contribution is 2.37. The quantitative estimate of drug-likeness (QED) is 0.702. The number of carbonyl (C=O) groups is 2. The molecule has 1 unspecified atom stereocenters. The van der Waals surface area contributed by atoms with Gasteiger partial charge in [0.15, 0.2) is 0 Å². The molecule has 0 bridgehead atoms. The maximum atomic E-state index is 12.6. The number of hydrogen-bond acceptors (Lipinski definition) is 2. The molecule has 2 saturated heterocycles. The lowest BCUT2D eigenvalue weighted by Crippen LogP contribution is -2.43. The van der Waals surface area contributed by atoms with Gasteiger partial charge < -0.3 is 10.2 Å². The van der Waals surface area contributed by atoms with E-state index in [1.165, 1.54) is 0 Å². The molecule has 3 rings (SSSR count). The molecule has 2 aliphatic heterocycles. The Bertz CT molecular complexity index is 418. The summed E-state index contributed by atoms with van der Waals surface area (Å²) in [6.07, 6.45) is 7.03. The highest BCUT2D eigenvalue weighted by Gasteiger charge is 2.46. The zero-order chi connectivity index (χ0) is 12.8. The van der Waals surface area contributed by atoms with Crippen LogP contribution >= 0.6 is 0 Å². The van der Waals surface area contributed by atoms with E-state index in [4.69, 9.17) is 0 Å². The molecule has 4 heteroatoms. The molecule has 98 valence electrons. The van der Waals surface area contributed by atoms with E-state index in [1.807, 2.05) is 4.90 Å². The third-order valence-electron chi connectivity index (χ3n) is 4.72. The fourth-order valence-electron chi connectivity index (χ4n) is 3.44. The van der Waals surface area contributed by atoms with E-state index >= 15 is 0 Å². The molecule has 18 heavy (non-hydrogen) atoms. The summed E-state index contributed by atoms with van der Waals surface area (Å²) in [5, 5.41) is 2.88.